The Morgan fingerprint density at radius 3 is 2.39 bits per heavy atom. The number of hydrogen-bond donors (Lipinski definition) is 1. The first-order valence-corrected chi connectivity index (χ1v) is 12.9. The Morgan fingerprint density at radius 2 is 1.64 bits per heavy atom. The second kappa shape index (κ2) is 9.83. The molecule has 0 spiro atoms. The number of fused-ring (bicyclic) bond motifs is 2. The van der Waals surface area contributed by atoms with E-state index in [1.807, 2.05) is 48.5 Å². The second-order valence-corrected chi connectivity index (χ2v) is 10.5. The Kier molecular flexibility index (Phi) is 6.43. The maximum atomic E-state index is 13.9. The number of carbonyl (C=O) groups excluding carboxylic acids is 1. The maximum Gasteiger partial charge on any atom is 0.244 e. The van der Waals surface area contributed by atoms with Gasteiger partial charge in [-0.25, -0.2) is 8.42 Å². The predicted molar refractivity (Wildman–Crippen MR) is 139 cm³/mol. The van der Waals surface area contributed by atoms with Crippen molar-refractivity contribution in [2.45, 2.75) is 30.4 Å². The number of anilines is 1. The predicted octanol–water partition coefficient (Wildman–Crippen LogP) is 5.40. The molecule has 0 saturated heterocycles. The largest absolute Gasteiger partial charge is 0.325 e. The number of benzene rings is 4. The normalized spacial score (nSPS) is 15.6. The molecule has 1 atom stereocenters. The van der Waals surface area contributed by atoms with Crippen molar-refractivity contribution in [3.8, 4) is 0 Å². The van der Waals surface area contributed by atoms with Crippen molar-refractivity contribution >= 4 is 32.4 Å². The van der Waals surface area contributed by atoms with Gasteiger partial charge in [-0.2, -0.15) is 4.31 Å². The number of nitrogens with zero attached hydrogens (tertiary/aromatic N) is 4. The number of azide groups is 1. The smallest absolute Gasteiger partial charge is 0.244 e. The molecule has 4 aromatic carbocycles. The van der Waals surface area contributed by atoms with Crippen molar-refractivity contribution in [1.82, 2.24) is 4.31 Å². The minimum atomic E-state index is -3.97. The highest BCUT2D eigenvalue weighted by atomic mass is 32.2. The van der Waals surface area contributed by atoms with Gasteiger partial charge in [-0.3, -0.25) is 4.79 Å². The summed E-state index contributed by atoms with van der Waals surface area (Å²) in [6, 6.07) is 26.2. The van der Waals surface area contributed by atoms with Crippen LogP contribution < -0.4 is 5.32 Å². The van der Waals surface area contributed by atoms with Crippen LogP contribution >= 0.6 is 0 Å². The van der Waals surface area contributed by atoms with Gasteiger partial charge in [-0.15, -0.1) is 0 Å². The van der Waals surface area contributed by atoms with Crippen LogP contribution in [0.2, 0.25) is 0 Å². The van der Waals surface area contributed by atoms with E-state index in [2.05, 4.69) is 15.3 Å². The molecule has 0 saturated carbocycles. The molecule has 4 aromatic rings. The van der Waals surface area contributed by atoms with Crippen LogP contribution in [-0.4, -0.2) is 24.7 Å². The lowest BCUT2D eigenvalue weighted by molar-refractivity contribution is -0.120. The number of sulfonamides is 1. The molecule has 9 heteroatoms. The van der Waals surface area contributed by atoms with Crippen LogP contribution in [0.15, 0.2) is 101 Å². The lowest BCUT2D eigenvalue weighted by Crippen LogP contribution is -2.50. The number of nitrogens with one attached hydrogen (secondary N) is 1. The molecule has 0 aliphatic carbocycles. The number of rotatable bonds is 6. The fraction of sp³-hybridized carbons (Fsp3) is 0.148. The van der Waals surface area contributed by atoms with Crippen molar-refractivity contribution < 1.29 is 13.2 Å². The van der Waals surface area contributed by atoms with Crippen molar-refractivity contribution in [2.75, 3.05) is 5.32 Å². The van der Waals surface area contributed by atoms with Gasteiger partial charge in [-0.1, -0.05) is 71.8 Å². The van der Waals surface area contributed by atoms with Gasteiger partial charge in [0.2, 0.25) is 15.9 Å². The first kappa shape index (κ1) is 23.6. The van der Waals surface area contributed by atoms with Crippen LogP contribution in [0.25, 0.3) is 21.2 Å². The fourth-order valence-corrected chi connectivity index (χ4v) is 6.07. The average molecular weight is 498 g/mol. The summed E-state index contributed by atoms with van der Waals surface area (Å²) in [5.41, 5.74) is 11.7. The van der Waals surface area contributed by atoms with E-state index in [4.69, 9.17) is 5.53 Å². The quantitative estimate of drug-likeness (QED) is 0.218. The minimum Gasteiger partial charge on any atom is -0.325 e. The zero-order valence-corrected chi connectivity index (χ0v) is 20.1. The Hall–Kier alpha value is -4.17. The number of amides is 1. The molecule has 0 aromatic heterocycles. The summed E-state index contributed by atoms with van der Waals surface area (Å²) in [7, 11) is -3.97. The Labute approximate surface area is 208 Å². The van der Waals surface area contributed by atoms with Gasteiger partial charge < -0.3 is 5.32 Å². The van der Waals surface area contributed by atoms with E-state index in [0.29, 0.717) is 5.69 Å². The Bertz CT molecular complexity index is 1600. The molecule has 1 unspecified atom stereocenters. The average Bonchev–Trinajstić information content (AvgIpc) is 2.91. The molecule has 1 amide bonds. The number of hydrogen-bond acceptors (Lipinski definition) is 4. The molecule has 8 nitrogen and oxygen atoms in total. The van der Waals surface area contributed by atoms with Gasteiger partial charge >= 0.3 is 0 Å². The highest BCUT2D eigenvalue weighted by Gasteiger charge is 2.39. The molecule has 1 aliphatic rings. The van der Waals surface area contributed by atoms with E-state index < -0.39 is 22.0 Å². The monoisotopic (exact) mass is 497 g/mol. The summed E-state index contributed by atoms with van der Waals surface area (Å²) in [5, 5.41) is 8.15. The summed E-state index contributed by atoms with van der Waals surface area (Å²) in [5.74, 6) is -0.406. The first-order chi connectivity index (χ1) is 17.5. The minimum absolute atomic E-state index is 0.106. The summed E-state index contributed by atoms with van der Waals surface area (Å²) in [6.45, 7) is 0.316. The Morgan fingerprint density at radius 1 is 0.944 bits per heavy atom. The summed E-state index contributed by atoms with van der Waals surface area (Å²) in [4.78, 5) is 16.4. The van der Waals surface area contributed by atoms with E-state index >= 15 is 0 Å². The van der Waals surface area contributed by atoms with Crippen LogP contribution in [0.5, 0.6) is 0 Å². The van der Waals surface area contributed by atoms with Gasteiger partial charge in [0.05, 0.1) is 11.4 Å². The summed E-state index contributed by atoms with van der Waals surface area (Å²) >= 11 is 0. The van der Waals surface area contributed by atoms with Gasteiger partial charge in [-0.05, 0) is 63.7 Å². The second-order valence-electron chi connectivity index (χ2n) is 8.62. The standard InChI is InChI=1S/C27H23N5O3S/c28-31-29-17-19-9-12-24(13-10-19)30-27(33)26-16-22-7-3-4-8-23(22)18-32(26)36(34,35)25-14-11-20-5-1-2-6-21(20)15-25/h1-15,26H,16-18H2,(H,30,33). The van der Waals surface area contributed by atoms with E-state index in [1.54, 1.807) is 42.5 Å². The van der Waals surface area contributed by atoms with Crippen LogP contribution in [0.3, 0.4) is 0 Å². The van der Waals surface area contributed by atoms with Gasteiger partial charge in [0.15, 0.2) is 0 Å². The van der Waals surface area contributed by atoms with Crippen LogP contribution in [0.1, 0.15) is 16.7 Å². The molecule has 0 radical (unpaired) electrons. The molecule has 5 rings (SSSR count). The topological polar surface area (TPSA) is 115 Å². The van der Waals surface area contributed by atoms with Crippen molar-refractivity contribution in [3.63, 3.8) is 0 Å². The highest BCUT2D eigenvalue weighted by molar-refractivity contribution is 7.89. The van der Waals surface area contributed by atoms with E-state index in [1.165, 1.54) is 4.31 Å². The molecule has 0 bridgehead atoms. The van der Waals surface area contributed by atoms with Crippen molar-refractivity contribution in [3.05, 3.63) is 118 Å². The van der Waals surface area contributed by atoms with E-state index in [0.717, 1.165) is 27.5 Å². The van der Waals surface area contributed by atoms with E-state index in [-0.39, 0.29) is 24.4 Å². The lowest BCUT2D eigenvalue weighted by atomic mass is 9.95. The maximum absolute atomic E-state index is 13.9. The van der Waals surface area contributed by atoms with E-state index in [9.17, 15) is 13.2 Å². The summed E-state index contributed by atoms with van der Waals surface area (Å²) in [6.07, 6.45) is 0.268. The van der Waals surface area contributed by atoms with Gasteiger partial charge in [0.25, 0.3) is 0 Å². The van der Waals surface area contributed by atoms with Gasteiger partial charge in [0, 0.05) is 17.1 Å². The molecule has 0 fully saturated rings. The molecular weight excluding hydrogens is 474 g/mol. The third kappa shape index (κ3) is 4.67. The number of carbonyl (C=O) groups is 1. The van der Waals surface area contributed by atoms with Crippen LogP contribution in [0, 0.1) is 0 Å². The highest BCUT2D eigenvalue weighted by Crippen LogP contribution is 2.31. The molecule has 1 N–H and O–H groups in total. The lowest BCUT2D eigenvalue weighted by Gasteiger charge is -2.35. The fourth-order valence-electron chi connectivity index (χ4n) is 4.47. The van der Waals surface area contributed by atoms with Crippen molar-refractivity contribution in [2.24, 2.45) is 5.11 Å². The zero-order chi connectivity index (χ0) is 25.1. The molecular formula is C27H23N5O3S. The molecule has 180 valence electrons. The van der Waals surface area contributed by atoms with Crippen LogP contribution in [0.4, 0.5) is 5.69 Å². The third-order valence-electron chi connectivity index (χ3n) is 6.37. The Balaban J connectivity index is 1.47. The third-order valence-corrected chi connectivity index (χ3v) is 8.22. The summed E-state index contributed by atoms with van der Waals surface area (Å²) < 4.78 is 29.0. The first-order valence-electron chi connectivity index (χ1n) is 11.4. The molecule has 1 aliphatic heterocycles. The zero-order valence-electron chi connectivity index (χ0n) is 19.3. The van der Waals surface area contributed by atoms with Gasteiger partial charge in [0.1, 0.15) is 6.04 Å². The molecule has 36 heavy (non-hydrogen) atoms. The van der Waals surface area contributed by atoms with Crippen LogP contribution in [-0.2, 0) is 34.3 Å². The van der Waals surface area contributed by atoms with Crippen molar-refractivity contribution in [1.29, 1.82) is 0 Å². The SMILES string of the molecule is [N-]=[N+]=NCc1ccc(NC(=O)C2Cc3ccccc3CN2S(=O)(=O)c2ccc3ccccc3c2)cc1. The molecule has 1 heterocycles.